The minimum Gasteiger partial charge on any atom is -0.315 e. The van der Waals surface area contributed by atoms with Gasteiger partial charge in [0.1, 0.15) is 11.5 Å². The molecule has 26 heteroatoms. The summed E-state index contributed by atoms with van der Waals surface area (Å²) >= 11 is 19.2. The second-order valence-corrected chi connectivity index (χ2v) is 27.5. The number of benzene rings is 6. The van der Waals surface area contributed by atoms with Gasteiger partial charge in [0.2, 0.25) is 23.6 Å². The van der Waals surface area contributed by atoms with Crippen LogP contribution < -0.4 is 19.6 Å². The van der Waals surface area contributed by atoms with Gasteiger partial charge in [0.25, 0.3) is 0 Å². The van der Waals surface area contributed by atoms with E-state index in [-0.39, 0.29) is 71.7 Å². The van der Waals surface area contributed by atoms with Crippen LogP contribution in [0.3, 0.4) is 0 Å². The molecule has 0 spiro atoms. The second kappa shape index (κ2) is 38.9. The first-order valence-electron chi connectivity index (χ1n) is 36.0. The smallest absolute Gasteiger partial charge is 0.226 e. The van der Waals surface area contributed by atoms with E-state index in [1.165, 1.54) is 11.0 Å². The Bertz CT molecular complexity index is 5040. The summed E-state index contributed by atoms with van der Waals surface area (Å²) in [6.45, 7) is 7.19. The number of ketones is 4. The summed E-state index contributed by atoms with van der Waals surface area (Å²) in [4.78, 5) is 112. The molecule has 0 N–H and O–H groups in total. The van der Waals surface area contributed by atoms with Gasteiger partial charge in [0, 0.05) is 177 Å². The zero-order valence-electron chi connectivity index (χ0n) is 64.3. The molecule has 0 aliphatic rings. The molecular weight excluding hydrogens is 1480 g/mol. The van der Waals surface area contributed by atoms with Gasteiger partial charge in [0.05, 0.1) is 68.8 Å². The van der Waals surface area contributed by atoms with Gasteiger partial charge in [-0.05, 0) is 118 Å². The molecule has 0 aliphatic carbocycles. The van der Waals surface area contributed by atoms with Crippen LogP contribution in [0.1, 0.15) is 117 Å². The van der Waals surface area contributed by atoms with Gasteiger partial charge < -0.3 is 19.6 Å². The van der Waals surface area contributed by atoms with Crippen LogP contribution in [0.4, 0.5) is 27.1 Å². The zero-order chi connectivity index (χ0) is 81.0. The lowest BCUT2D eigenvalue weighted by Gasteiger charge is -2.18. The van der Waals surface area contributed by atoms with Crippen LogP contribution in [0.15, 0.2) is 207 Å². The Balaban J connectivity index is 0.000000171. The van der Waals surface area contributed by atoms with Gasteiger partial charge in [-0.25, -0.2) is 4.39 Å². The van der Waals surface area contributed by atoms with Crippen LogP contribution in [0.2, 0.25) is 15.1 Å². The quantitative estimate of drug-likeness (QED) is 0.0511. The van der Waals surface area contributed by atoms with E-state index in [1.54, 1.807) is 172 Å². The molecule has 22 nitrogen and oxygen atoms in total. The summed E-state index contributed by atoms with van der Waals surface area (Å²) < 4.78 is 21.2. The maximum Gasteiger partial charge on any atom is 0.226 e. The van der Waals surface area contributed by atoms with Gasteiger partial charge in [0.15, 0.2) is 23.1 Å². The Labute approximate surface area is 665 Å². The number of hydrogen-bond acceptors (Lipinski definition) is 14. The van der Waals surface area contributed by atoms with Crippen molar-refractivity contribution in [3.8, 4) is 44.6 Å². The number of hydrogen-bond donors (Lipinski definition) is 0. The molecule has 576 valence electrons. The lowest BCUT2D eigenvalue weighted by atomic mass is 10.00. The van der Waals surface area contributed by atoms with Crippen molar-refractivity contribution in [2.24, 2.45) is 28.2 Å². The highest BCUT2D eigenvalue weighted by molar-refractivity contribution is 6.35. The summed E-state index contributed by atoms with van der Waals surface area (Å²) in [7, 11) is 14.0. The third kappa shape index (κ3) is 22.1. The van der Waals surface area contributed by atoms with E-state index >= 15 is 0 Å². The number of pyridine rings is 2. The fourth-order valence-electron chi connectivity index (χ4n) is 11.8. The SMILES string of the molecule is CCC(=O)N(C)c1ccc(-c2ccc(C(=O)Cc3ccn(C)n3)cn2)c(Cl)c1.CCC(=O)N(C)c1ccc(-c2ccc(C(=O)Cc3ccn(C)n3)nc2)c(Cl)c1.CCC(=O)N(C)c1ccc(-c2ccc(C(=O)Cc3cnn(C)c3)cc2)cc1Cl.CCC(=O)N(C)c1ccc(-c2ccc(C(=O)Cc3cnn(C)c3)cc2)cc1F. The van der Waals surface area contributed by atoms with Crippen LogP contribution in [-0.2, 0) is 73.1 Å². The molecule has 0 saturated heterocycles. The molecular formula is C86H86Cl3FN14O8. The highest BCUT2D eigenvalue weighted by Gasteiger charge is 2.21. The fourth-order valence-corrected chi connectivity index (χ4v) is 12.6. The molecule has 0 saturated carbocycles. The van der Waals surface area contributed by atoms with Crippen LogP contribution in [0, 0.1) is 5.82 Å². The number of anilines is 4. The molecule has 112 heavy (non-hydrogen) atoms. The number of aromatic nitrogens is 10. The lowest BCUT2D eigenvalue weighted by Crippen LogP contribution is -2.25. The van der Waals surface area contributed by atoms with Crippen molar-refractivity contribution in [3.05, 3.63) is 273 Å². The van der Waals surface area contributed by atoms with E-state index in [4.69, 9.17) is 34.8 Å². The molecule has 6 aromatic heterocycles. The van der Waals surface area contributed by atoms with E-state index < -0.39 is 5.82 Å². The predicted octanol–water partition coefficient (Wildman–Crippen LogP) is 16.4. The molecule has 12 rings (SSSR count). The van der Waals surface area contributed by atoms with Crippen molar-refractivity contribution < 1.29 is 42.7 Å². The topological polar surface area (TPSA) is 247 Å². The van der Waals surface area contributed by atoms with Crippen LogP contribution in [0.25, 0.3) is 44.6 Å². The van der Waals surface area contributed by atoms with E-state index in [1.807, 2.05) is 146 Å². The minimum atomic E-state index is -0.460. The lowest BCUT2D eigenvalue weighted by molar-refractivity contribution is -0.118. The van der Waals surface area contributed by atoms with E-state index in [9.17, 15) is 42.7 Å². The number of aryl methyl sites for hydroxylation is 4. The number of carbonyl (C=O) groups is 8. The highest BCUT2D eigenvalue weighted by atomic mass is 35.5. The maximum atomic E-state index is 14.5. The van der Waals surface area contributed by atoms with E-state index in [2.05, 4.69) is 30.4 Å². The van der Waals surface area contributed by atoms with Gasteiger partial charge in [-0.15, -0.1) is 0 Å². The average Bonchev–Trinajstić information content (AvgIpc) is 1.05. The zero-order valence-corrected chi connectivity index (χ0v) is 66.6. The molecule has 6 aromatic carbocycles. The summed E-state index contributed by atoms with van der Waals surface area (Å²) in [6, 6.07) is 46.4. The average molecular weight is 1570 g/mol. The number of carbonyl (C=O) groups excluding carboxylic acids is 8. The van der Waals surface area contributed by atoms with E-state index in [0.29, 0.717) is 92.2 Å². The van der Waals surface area contributed by atoms with Crippen LogP contribution in [0.5, 0.6) is 0 Å². The third-order valence-corrected chi connectivity index (χ3v) is 19.2. The van der Waals surface area contributed by atoms with Crippen molar-refractivity contribution in [3.63, 3.8) is 0 Å². The molecule has 0 fully saturated rings. The van der Waals surface area contributed by atoms with Gasteiger partial charge in [-0.3, -0.25) is 67.1 Å². The summed E-state index contributed by atoms with van der Waals surface area (Å²) in [5.74, 6) is -0.662. The van der Waals surface area contributed by atoms with Gasteiger partial charge in [-0.1, -0.05) is 135 Å². The number of nitrogens with zero attached hydrogens (tertiary/aromatic N) is 14. The first kappa shape index (κ1) is 83.9. The van der Waals surface area contributed by atoms with Crippen molar-refractivity contribution in [2.75, 3.05) is 47.8 Å². The molecule has 4 amide bonds. The Kier molecular flexibility index (Phi) is 29.2. The summed E-state index contributed by atoms with van der Waals surface area (Å²) in [5, 5.41) is 18.1. The Morgan fingerprint density at radius 2 is 0.795 bits per heavy atom. The van der Waals surface area contributed by atoms with Crippen LogP contribution >= 0.6 is 34.8 Å². The van der Waals surface area contributed by atoms with Gasteiger partial charge in [-0.2, -0.15) is 20.4 Å². The Hall–Kier alpha value is -12.2. The molecule has 12 aromatic rings. The minimum absolute atomic E-state index is 0.000723. The summed E-state index contributed by atoms with van der Waals surface area (Å²) in [5.41, 5.74) is 14.1. The molecule has 0 aliphatic heterocycles. The standard InChI is InChI=1S/C22H22ClN3O2.C22H22FN3O2.2C21H21ClN4O2/c2*1-4-22(28)26(3)20-10-9-18(12-19(20)23)16-5-7-17(8-6-16)21(27)11-15-13-24-25(2)14-15;1-4-21(28)26(3)16-6-7-17(18(22)12-16)19-8-5-14(13-23-19)20(27)11-15-9-10-25(2)24-15;1-4-21(28)26(3)16-6-7-17(18(22)12-16)14-5-8-19(23-13-14)20(27)11-15-9-10-25(2)24-15/h2*5-10,12-14H,4,11H2,1-3H3;2*5-10,12-13H,4,11H2,1-3H3. The molecule has 0 bridgehead atoms. The first-order valence-corrected chi connectivity index (χ1v) is 37.1. The van der Waals surface area contributed by atoms with Crippen molar-refractivity contribution >= 4 is 104 Å². The largest absolute Gasteiger partial charge is 0.315 e. The number of amides is 4. The third-order valence-electron chi connectivity index (χ3n) is 18.3. The number of rotatable bonds is 24. The summed E-state index contributed by atoms with van der Waals surface area (Å²) in [6.07, 6.45) is 16.5. The molecule has 0 unspecified atom stereocenters. The number of Topliss-reactive ketones (excluding diaryl/α,β-unsaturated/α-hetero) is 4. The highest BCUT2D eigenvalue weighted by Crippen LogP contribution is 2.35. The maximum absolute atomic E-state index is 14.5. The normalized spacial score (nSPS) is 10.7. The van der Waals surface area contributed by atoms with Crippen molar-refractivity contribution in [1.29, 1.82) is 0 Å². The molecule has 0 atom stereocenters. The Morgan fingerprint density at radius 3 is 1.20 bits per heavy atom. The van der Waals surface area contributed by atoms with Crippen molar-refractivity contribution in [1.82, 2.24) is 49.1 Å². The van der Waals surface area contributed by atoms with Crippen molar-refractivity contribution in [2.45, 2.75) is 79.1 Å². The molecule has 6 heterocycles. The van der Waals surface area contributed by atoms with E-state index in [0.717, 1.165) is 61.6 Å². The fraction of sp³-hybridized carbons (Fsp3) is 0.233. The van der Waals surface area contributed by atoms with Crippen LogP contribution in [-0.4, -0.2) is 124 Å². The predicted molar refractivity (Wildman–Crippen MR) is 438 cm³/mol. The molecule has 0 radical (unpaired) electrons. The van der Waals surface area contributed by atoms with Gasteiger partial charge >= 0.3 is 0 Å². The number of halogens is 4. The monoisotopic (exact) mass is 1570 g/mol. The second-order valence-electron chi connectivity index (χ2n) is 26.3. The Morgan fingerprint density at radius 1 is 0.375 bits per heavy atom. The first-order chi connectivity index (χ1) is 53.5.